The van der Waals surface area contributed by atoms with Gasteiger partial charge in [0.25, 0.3) is 0 Å². The Kier molecular flexibility index (Phi) is 15.9. The van der Waals surface area contributed by atoms with Crippen LogP contribution in [0.15, 0.2) is 42.5 Å². The van der Waals surface area contributed by atoms with Crippen LogP contribution in [0.5, 0.6) is 0 Å². The molecule has 236 valence electrons. The van der Waals surface area contributed by atoms with Crippen LogP contribution in [0.25, 0.3) is 0 Å². The van der Waals surface area contributed by atoms with Crippen molar-refractivity contribution in [3.05, 3.63) is 69.2 Å². The molecule has 1 unspecified atom stereocenters. The molecule has 0 radical (unpaired) electrons. The Morgan fingerprint density at radius 3 is 2.26 bits per heavy atom. The van der Waals surface area contributed by atoms with E-state index in [2.05, 4.69) is 4.90 Å². The van der Waals surface area contributed by atoms with E-state index in [-0.39, 0.29) is 30.8 Å². The molecule has 1 aliphatic heterocycles. The van der Waals surface area contributed by atoms with Crippen molar-refractivity contribution < 1.29 is 36.9 Å². The van der Waals surface area contributed by atoms with Gasteiger partial charge in [0.05, 0.1) is 73.8 Å². The summed E-state index contributed by atoms with van der Waals surface area (Å²) in [5.41, 5.74) is 0.581. The molecule has 1 amide bonds. The van der Waals surface area contributed by atoms with Crippen LogP contribution in [0.3, 0.4) is 0 Å². The van der Waals surface area contributed by atoms with E-state index in [1.807, 2.05) is 0 Å². The van der Waals surface area contributed by atoms with Crippen molar-refractivity contribution in [3.63, 3.8) is 0 Å². The quantitative estimate of drug-likeness (QED) is 0.208. The third kappa shape index (κ3) is 11.8. The molecule has 0 N–H and O–H groups in total. The molecule has 7 nitrogen and oxygen atoms in total. The lowest BCUT2D eigenvalue weighted by Crippen LogP contribution is -2.39. The number of benzene rings is 2. The van der Waals surface area contributed by atoms with E-state index in [1.54, 1.807) is 37.3 Å². The Balaban J connectivity index is 0.00000616. The van der Waals surface area contributed by atoms with Crippen molar-refractivity contribution in [2.24, 2.45) is 0 Å². The highest BCUT2D eigenvalue weighted by molar-refractivity contribution is 6.42. The van der Waals surface area contributed by atoms with Crippen LogP contribution < -0.4 is 0 Å². The van der Waals surface area contributed by atoms with Crippen molar-refractivity contribution >= 4 is 41.5 Å². The maximum Gasteiger partial charge on any atom is 0.416 e. The van der Waals surface area contributed by atoms with Crippen LogP contribution in [-0.4, -0.2) is 95.2 Å². The molecule has 42 heavy (non-hydrogen) atoms. The molecule has 1 fully saturated rings. The minimum absolute atomic E-state index is 0. The van der Waals surface area contributed by atoms with Crippen molar-refractivity contribution in [1.82, 2.24) is 9.80 Å². The maximum absolute atomic E-state index is 13.3. The van der Waals surface area contributed by atoms with Crippen LogP contribution in [0.2, 0.25) is 10.0 Å². The van der Waals surface area contributed by atoms with Gasteiger partial charge in [-0.2, -0.15) is 13.2 Å². The fourth-order valence-electron chi connectivity index (χ4n) is 4.55. The predicted molar refractivity (Wildman–Crippen MR) is 159 cm³/mol. The van der Waals surface area contributed by atoms with Crippen molar-refractivity contribution in [2.45, 2.75) is 31.2 Å². The molecule has 0 aliphatic carbocycles. The highest BCUT2D eigenvalue weighted by Gasteiger charge is 2.32. The number of halogens is 6. The molecule has 1 aliphatic rings. The summed E-state index contributed by atoms with van der Waals surface area (Å²) in [6, 6.07) is 9.53. The molecule has 1 saturated heterocycles. The number of methoxy groups -OCH3 is 1. The normalized spacial score (nSPS) is 16.3. The van der Waals surface area contributed by atoms with E-state index in [9.17, 15) is 18.0 Å². The Bertz CT molecular complexity index is 1100. The fourth-order valence-corrected chi connectivity index (χ4v) is 4.87. The van der Waals surface area contributed by atoms with Crippen LogP contribution >= 0.6 is 35.6 Å². The van der Waals surface area contributed by atoms with Gasteiger partial charge in [0.15, 0.2) is 0 Å². The highest BCUT2D eigenvalue weighted by atomic mass is 35.5. The molecular weight excluding hydrogens is 620 g/mol. The van der Waals surface area contributed by atoms with Gasteiger partial charge in [0, 0.05) is 33.8 Å². The molecule has 2 aromatic carbocycles. The summed E-state index contributed by atoms with van der Waals surface area (Å²) in [6.45, 7) is 4.76. The van der Waals surface area contributed by atoms with Crippen molar-refractivity contribution in [3.8, 4) is 0 Å². The van der Waals surface area contributed by atoms with Gasteiger partial charge in [-0.3, -0.25) is 9.69 Å². The number of likely N-dealkylation sites (N-methyl/N-ethyl adjacent to an activating group) is 1. The lowest BCUT2D eigenvalue weighted by Gasteiger charge is -2.32. The summed E-state index contributed by atoms with van der Waals surface area (Å²) >= 11 is 12.1. The van der Waals surface area contributed by atoms with E-state index in [1.165, 1.54) is 12.1 Å². The van der Waals surface area contributed by atoms with Crippen molar-refractivity contribution in [2.75, 3.05) is 73.4 Å². The maximum atomic E-state index is 13.3. The number of carbonyl (C=O) groups excluding carboxylic acids is 1. The van der Waals surface area contributed by atoms with E-state index < -0.39 is 17.8 Å². The number of hydrogen-bond acceptors (Lipinski definition) is 6. The summed E-state index contributed by atoms with van der Waals surface area (Å²) in [7, 11) is 3.29. The predicted octanol–water partition coefficient (Wildman–Crippen LogP) is 5.95. The Labute approximate surface area is 261 Å². The molecule has 2 atom stereocenters. The molecule has 13 heteroatoms. The largest absolute Gasteiger partial charge is 0.416 e. The zero-order valence-electron chi connectivity index (χ0n) is 23.7. The summed E-state index contributed by atoms with van der Waals surface area (Å²) in [5.74, 6) is -0.191. The second kappa shape index (κ2) is 18.2. The third-order valence-corrected chi connectivity index (χ3v) is 7.61. The minimum Gasteiger partial charge on any atom is -0.382 e. The van der Waals surface area contributed by atoms with E-state index in [0.29, 0.717) is 73.9 Å². The van der Waals surface area contributed by atoms with Gasteiger partial charge >= 0.3 is 6.18 Å². The van der Waals surface area contributed by atoms with Gasteiger partial charge in [-0.15, -0.1) is 12.4 Å². The van der Waals surface area contributed by atoms with Gasteiger partial charge in [-0.1, -0.05) is 41.4 Å². The number of likely N-dealkylation sites (tertiary alicyclic amines) is 1. The highest BCUT2D eigenvalue weighted by Crippen LogP contribution is 2.32. The molecule has 0 spiro atoms. The minimum atomic E-state index is -4.44. The molecule has 1 heterocycles. The van der Waals surface area contributed by atoms with E-state index in [4.69, 9.17) is 42.1 Å². The Morgan fingerprint density at radius 1 is 1.00 bits per heavy atom. The summed E-state index contributed by atoms with van der Waals surface area (Å²) in [5, 5.41) is 0.742. The number of nitrogens with zero attached hydrogens (tertiary/aromatic N) is 2. The first kappa shape index (κ1) is 36.6. The first-order chi connectivity index (χ1) is 19.6. The van der Waals surface area contributed by atoms with Crippen molar-refractivity contribution in [1.29, 1.82) is 0 Å². The number of rotatable bonds is 16. The zero-order valence-corrected chi connectivity index (χ0v) is 26.0. The van der Waals surface area contributed by atoms with Gasteiger partial charge < -0.3 is 23.8 Å². The van der Waals surface area contributed by atoms with E-state index >= 15 is 0 Å². The summed E-state index contributed by atoms with van der Waals surface area (Å²) in [6.07, 6.45) is -3.56. The molecule has 3 rings (SSSR count). The monoisotopic (exact) mass is 656 g/mol. The number of amides is 1. The van der Waals surface area contributed by atoms with Gasteiger partial charge in [0.2, 0.25) is 5.91 Å². The molecular formula is C29H38Cl3F3N2O5. The van der Waals surface area contributed by atoms with Gasteiger partial charge in [-0.05, 0) is 41.8 Å². The van der Waals surface area contributed by atoms with Gasteiger partial charge in [0.1, 0.15) is 0 Å². The van der Waals surface area contributed by atoms with Crippen LogP contribution in [0.1, 0.15) is 29.2 Å². The smallest absolute Gasteiger partial charge is 0.382 e. The van der Waals surface area contributed by atoms with Crippen LogP contribution in [-0.2, 0) is 36.3 Å². The van der Waals surface area contributed by atoms with Crippen LogP contribution in [0, 0.1) is 0 Å². The molecule has 0 aromatic heterocycles. The standard InChI is InChI=1S/C29H37Cl2F3N2O5.ClH/c1-35(28(37)18-21-3-8-25(30)26(31)17-21)27(22-4-6-23(7-5-22)29(32,33)34)20-36-10-9-24(19-36)41-16-15-40-14-13-39-12-11-38-2;/h3-8,17,24,27H,9-16,18-20H2,1-2H3;1H/t24-,27?;/m0./s1. The average Bonchev–Trinajstić information content (AvgIpc) is 3.39. The lowest BCUT2D eigenvalue weighted by molar-refractivity contribution is -0.137. The number of hydrogen-bond donors (Lipinski definition) is 0. The Hall–Kier alpha value is -1.63. The number of carbonyl (C=O) groups is 1. The summed E-state index contributed by atoms with van der Waals surface area (Å²) < 4.78 is 61.3. The van der Waals surface area contributed by atoms with Crippen LogP contribution in [0.4, 0.5) is 13.2 Å². The Morgan fingerprint density at radius 2 is 1.64 bits per heavy atom. The zero-order chi connectivity index (χ0) is 29.8. The average molecular weight is 658 g/mol. The second-order valence-electron chi connectivity index (χ2n) is 9.82. The van der Waals surface area contributed by atoms with E-state index in [0.717, 1.165) is 25.1 Å². The topological polar surface area (TPSA) is 60.5 Å². The first-order valence-corrected chi connectivity index (χ1v) is 14.2. The van der Waals surface area contributed by atoms with Gasteiger partial charge in [-0.25, -0.2) is 0 Å². The SMILES string of the molecule is COCCOCCOCCO[C@H]1CCN(CC(c2ccc(C(F)(F)F)cc2)N(C)C(=O)Cc2ccc(Cl)c(Cl)c2)C1.Cl. The lowest BCUT2D eigenvalue weighted by atomic mass is 10.0. The third-order valence-electron chi connectivity index (χ3n) is 6.87. The second-order valence-corrected chi connectivity index (χ2v) is 10.6. The number of alkyl halides is 3. The first-order valence-electron chi connectivity index (χ1n) is 13.4. The number of ether oxygens (including phenoxy) is 4. The molecule has 0 saturated carbocycles. The fraction of sp³-hybridized carbons (Fsp3) is 0.552. The molecule has 0 bridgehead atoms. The summed E-state index contributed by atoms with van der Waals surface area (Å²) in [4.78, 5) is 17.0. The molecule has 2 aromatic rings.